The van der Waals surface area contributed by atoms with Crippen LogP contribution in [0.15, 0.2) is 48.5 Å². The fraction of sp³-hybridized carbons (Fsp3) is 0.286. The number of carbonyl (C=O) groups excluding carboxylic acids is 2. The van der Waals surface area contributed by atoms with Crippen molar-refractivity contribution in [3.05, 3.63) is 65.2 Å². The monoisotopic (exact) mass is 368 g/mol. The lowest BCUT2D eigenvalue weighted by molar-refractivity contribution is -0.121. The lowest BCUT2D eigenvalue weighted by Gasteiger charge is -2.11. The molecule has 2 aromatic carbocycles. The molecule has 0 saturated heterocycles. The van der Waals surface area contributed by atoms with E-state index in [-0.39, 0.29) is 29.7 Å². The number of anilines is 1. The minimum Gasteiger partial charge on any atom is -0.478 e. The van der Waals surface area contributed by atoms with Crippen molar-refractivity contribution < 1.29 is 19.5 Å². The molecule has 3 N–H and O–H groups in total. The first-order chi connectivity index (χ1) is 12.9. The van der Waals surface area contributed by atoms with E-state index >= 15 is 0 Å². The second kappa shape index (κ2) is 9.52. The van der Waals surface area contributed by atoms with Crippen LogP contribution in [0.5, 0.6) is 0 Å². The van der Waals surface area contributed by atoms with E-state index in [0.717, 1.165) is 17.5 Å². The Balaban J connectivity index is 1.88. The van der Waals surface area contributed by atoms with Crippen LogP contribution in [0.4, 0.5) is 5.69 Å². The highest BCUT2D eigenvalue weighted by Crippen LogP contribution is 2.13. The summed E-state index contributed by atoms with van der Waals surface area (Å²) in [7, 11) is 0. The lowest BCUT2D eigenvalue weighted by atomic mass is 10.1. The average molecular weight is 368 g/mol. The molecule has 0 radical (unpaired) electrons. The van der Waals surface area contributed by atoms with Gasteiger partial charge in [0.2, 0.25) is 11.8 Å². The van der Waals surface area contributed by atoms with Crippen LogP contribution in [-0.4, -0.2) is 22.9 Å². The summed E-state index contributed by atoms with van der Waals surface area (Å²) in [4.78, 5) is 34.9. The average Bonchev–Trinajstić information content (AvgIpc) is 2.66. The zero-order chi connectivity index (χ0) is 19.8. The Kier molecular flexibility index (Phi) is 7.11. The molecule has 1 unspecified atom stereocenters. The van der Waals surface area contributed by atoms with Crippen molar-refractivity contribution in [3.8, 4) is 0 Å². The number of benzene rings is 2. The van der Waals surface area contributed by atoms with Gasteiger partial charge in [0.05, 0.1) is 12.0 Å². The Morgan fingerprint density at radius 1 is 1.04 bits per heavy atom. The van der Waals surface area contributed by atoms with Crippen LogP contribution in [0.25, 0.3) is 0 Å². The van der Waals surface area contributed by atoms with Gasteiger partial charge in [-0.2, -0.15) is 0 Å². The molecule has 0 aliphatic rings. The molecule has 0 saturated carbocycles. The van der Waals surface area contributed by atoms with Gasteiger partial charge >= 0.3 is 5.97 Å². The smallest absolute Gasteiger partial charge is 0.335 e. The maximum atomic E-state index is 12.1. The van der Waals surface area contributed by atoms with Crippen LogP contribution in [0, 0.1) is 5.92 Å². The van der Waals surface area contributed by atoms with E-state index < -0.39 is 5.97 Å². The van der Waals surface area contributed by atoms with Crippen molar-refractivity contribution >= 4 is 23.5 Å². The second-order valence-electron chi connectivity index (χ2n) is 6.45. The van der Waals surface area contributed by atoms with Crippen molar-refractivity contribution in [2.24, 2.45) is 5.92 Å². The summed E-state index contributed by atoms with van der Waals surface area (Å²) in [6.45, 7) is 4.19. The second-order valence-corrected chi connectivity index (χ2v) is 6.45. The van der Waals surface area contributed by atoms with Crippen LogP contribution in [-0.2, 0) is 22.6 Å². The summed E-state index contributed by atoms with van der Waals surface area (Å²) >= 11 is 0. The summed E-state index contributed by atoms with van der Waals surface area (Å²) in [5.74, 6) is -1.23. The molecule has 0 spiro atoms. The maximum absolute atomic E-state index is 12.1. The number of rotatable bonds is 8. The van der Waals surface area contributed by atoms with Gasteiger partial charge in [-0.15, -0.1) is 0 Å². The molecule has 0 bridgehead atoms. The quantitative estimate of drug-likeness (QED) is 0.667. The Morgan fingerprint density at radius 3 is 2.37 bits per heavy atom. The normalized spacial score (nSPS) is 11.5. The van der Waals surface area contributed by atoms with Crippen molar-refractivity contribution in [3.63, 3.8) is 0 Å². The van der Waals surface area contributed by atoms with E-state index in [2.05, 4.69) is 10.6 Å². The minimum absolute atomic E-state index is 0.0245. The molecule has 1 atom stereocenters. The van der Waals surface area contributed by atoms with E-state index in [1.54, 1.807) is 12.1 Å². The third-order valence-corrected chi connectivity index (χ3v) is 4.31. The number of carbonyl (C=O) groups is 3. The molecule has 0 aliphatic heterocycles. The third kappa shape index (κ3) is 6.26. The highest BCUT2D eigenvalue weighted by molar-refractivity contribution is 5.92. The Bertz CT molecular complexity index is 815. The summed E-state index contributed by atoms with van der Waals surface area (Å²) in [5, 5.41) is 14.6. The van der Waals surface area contributed by atoms with E-state index in [1.165, 1.54) is 12.1 Å². The number of carboxylic acids is 1. The lowest BCUT2D eigenvalue weighted by Crippen LogP contribution is -2.24. The van der Waals surface area contributed by atoms with E-state index in [0.29, 0.717) is 12.2 Å². The van der Waals surface area contributed by atoms with Gasteiger partial charge < -0.3 is 15.7 Å². The number of aromatic carboxylic acids is 1. The number of hydrogen-bond acceptors (Lipinski definition) is 3. The first-order valence-electron chi connectivity index (χ1n) is 8.87. The third-order valence-electron chi connectivity index (χ3n) is 4.31. The van der Waals surface area contributed by atoms with Crippen molar-refractivity contribution in [2.75, 3.05) is 5.32 Å². The van der Waals surface area contributed by atoms with Gasteiger partial charge in [0.25, 0.3) is 0 Å². The fourth-order valence-electron chi connectivity index (χ4n) is 2.42. The van der Waals surface area contributed by atoms with E-state index in [9.17, 15) is 14.4 Å². The molecule has 2 aromatic rings. The van der Waals surface area contributed by atoms with E-state index in [1.807, 2.05) is 38.1 Å². The molecule has 0 aromatic heterocycles. The van der Waals surface area contributed by atoms with Crippen LogP contribution in [0.3, 0.4) is 0 Å². The molecule has 0 fully saturated rings. The van der Waals surface area contributed by atoms with E-state index in [4.69, 9.17) is 5.11 Å². The molecule has 27 heavy (non-hydrogen) atoms. The fourth-order valence-corrected chi connectivity index (χ4v) is 2.42. The van der Waals surface area contributed by atoms with Gasteiger partial charge in [0.15, 0.2) is 0 Å². The number of amides is 2. The summed E-state index contributed by atoms with van der Waals surface area (Å²) < 4.78 is 0. The summed E-state index contributed by atoms with van der Waals surface area (Å²) in [6.07, 6.45) is 0.944. The Morgan fingerprint density at radius 2 is 1.74 bits per heavy atom. The number of carboxylic acid groups (broad SMARTS) is 1. The number of hydrogen-bond donors (Lipinski definition) is 3. The molecule has 6 nitrogen and oxygen atoms in total. The van der Waals surface area contributed by atoms with Gasteiger partial charge in [0, 0.05) is 18.2 Å². The SMILES string of the molecule is CCC(C)C(=O)Nc1cccc(CNC(=O)Cc2ccc(C(=O)O)cc2)c1. The van der Waals surface area contributed by atoms with Gasteiger partial charge in [-0.1, -0.05) is 38.1 Å². The summed E-state index contributed by atoms with van der Waals surface area (Å²) in [6, 6.07) is 13.6. The molecular formula is C21H24N2O4. The molecule has 0 heterocycles. The van der Waals surface area contributed by atoms with Crippen LogP contribution in [0.2, 0.25) is 0 Å². The molecule has 2 rings (SSSR count). The zero-order valence-corrected chi connectivity index (χ0v) is 15.5. The van der Waals surface area contributed by atoms with Crippen LogP contribution in [0.1, 0.15) is 41.8 Å². The van der Waals surface area contributed by atoms with Gasteiger partial charge in [0.1, 0.15) is 0 Å². The minimum atomic E-state index is -0.994. The number of nitrogens with one attached hydrogen (secondary N) is 2. The molecule has 6 heteroatoms. The predicted molar refractivity (Wildman–Crippen MR) is 103 cm³/mol. The van der Waals surface area contributed by atoms with Crippen LogP contribution < -0.4 is 10.6 Å². The molecule has 0 aliphatic carbocycles. The summed E-state index contributed by atoms with van der Waals surface area (Å²) in [5.41, 5.74) is 2.52. The van der Waals surface area contributed by atoms with Crippen LogP contribution >= 0.6 is 0 Å². The largest absolute Gasteiger partial charge is 0.478 e. The van der Waals surface area contributed by atoms with Crippen molar-refractivity contribution in [2.45, 2.75) is 33.2 Å². The molecule has 2 amide bonds. The van der Waals surface area contributed by atoms with Crippen molar-refractivity contribution in [1.82, 2.24) is 5.32 Å². The molecule has 142 valence electrons. The maximum Gasteiger partial charge on any atom is 0.335 e. The highest BCUT2D eigenvalue weighted by Gasteiger charge is 2.11. The first kappa shape index (κ1) is 20.2. The molecular weight excluding hydrogens is 344 g/mol. The zero-order valence-electron chi connectivity index (χ0n) is 15.5. The Hall–Kier alpha value is -3.15. The predicted octanol–water partition coefficient (Wildman–Crippen LogP) is 3.23. The Labute approximate surface area is 158 Å². The van der Waals surface area contributed by atoms with Crippen molar-refractivity contribution in [1.29, 1.82) is 0 Å². The highest BCUT2D eigenvalue weighted by atomic mass is 16.4. The van der Waals surface area contributed by atoms with Gasteiger partial charge in [-0.3, -0.25) is 9.59 Å². The topological polar surface area (TPSA) is 95.5 Å². The standard InChI is InChI=1S/C21H24N2O4/c1-3-14(2)20(25)23-18-6-4-5-16(11-18)13-22-19(24)12-15-7-9-17(10-8-15)21(26)27/h4-11,14H,3,12-13H2,1-2H3,(H,22,24)(H,23,25)(H,26,27). The van der Waals surface area contributed by atoms with Gasteiger partial charge in [-0.05, 0) is 41.8 Å². The van der Waals surface area contributed by atoms with Gasteiger partial charge in [-0.25, -0.2) is 4.79 Å². The first-order valence-corrected chi connectivity index (χ1v) is 8.87.